The lowest BCUT2D eigenvalue weighted by Gasteiger charge is -2.11. The van der Waals surface area contributed by atoms with Gasteiger partial charge in [0.1, 0.15) is 0 Å². The number of aromatic nitrogens is 1. The molecule has 0 bridgehead atoms. The molecule has 3 rings (SSSR count). The van der Waals surface area contributed by atoms with Gasteiger partial charge in [0.05, 0.1) is 16.0 Å². The van der Waals surface area contributed by atoms with Crippen molar-refractivity contribution in [3.8, 4) is 0 Å². The number of hydrogen-bond donors (Lipinski definition) is 1. The minimum absolute atomic E-state index is 0.0565. The molecule has 0 amide bonds. The second kappa shape index (κ2) is 7.61. The number of nitrogens with one attached hydrogen (secondary N) is 1. The Morgan fingerprint density at radius 1 is 1.11 bits per heavy atom. The van der Waals surface area contributed by atoms with Crippen LogP contribution in [0.4, 0.5) is 24.5 Å². The van der Waals surface area contributed by atoms with Crippen LogP contribution < -0.4 is 5.32 Å². The Bertz CT molecular complexity index is 974. The number of nitrogens with zero attached hydrogens (tertiary/aromatic N) is 2. The van der Waals surface area contributed by atoms with Crippen LogP contribution in [0.3, 0.4) is 0 Å². The Labute approximate surface area is 153 Å². The average Bonchev–Trinajstić information content (AvgIpc) is 2.64. The van der Waals surface area contributed by atoms with Crippen molar-refractivity contribution < 1.29 is 18.1 Å². The average molecular weight is 375 g/mol. The Morgan fingerprint density at radius 3 is 2.67 bits per heavy atom. The number of benzene rings is 2. The number of nitro groups is 1. The summed E-state index contributed by atoms with van der Waals surface area (Å²) in [6.45, 7) is 0.572. The molecule has 1 aromatic heterocycles. The number of non-ortho nitro benzene ring substituents is 1. The Balaban J connectivity index is 1.65. The van der Waals surface area contributed by atoms with Crippen LogP contribution in [0.1, 0.15) is 17.5 Å². The number of fused-ring (bicyclic) bond motifs is 1. The van der Waals surface area contributed by atoms with Crippen LogP contribution in [0, 0.1) is 10.1 Å². The molecule has 0 radical (unpaired) electrons. The summed E-state index contributed by atoms with van der Waals surface area (Å²) in [7, 11) is 0. The molecule has 1 N–H and O–H groups in total. The molecule has 0 saturated heterocycles. The molecule has 0 unspecified atom stereocenters. The van der Waals surface area contributed by atoms with Crippen LogP contribution in [0.2, 0.25) is 0 Å². The molecule has 8 heteroatoms. The van der Waals surface area contributed by atoms with Gasteiger partial charge in [0.2, 0.25) is 0 Å². The number of pyridine rings is 1. The highest BCUT2D eigenvalue weighted by Crippen LogP contribution is 2.32. The Hall–Kier alpha value is -3.16. The van der Waals surface area contributed by atoms with Crippen LogP contribution in [0.15, 0.2) is 54.7 Å². The van der Waals surface area contributed by atoms with Crippen LogP contribution >= 0.6 is 0 Å². The van der Waals surface area contributed by atoms with E-state index in [0.29, 0.717) is 30.5 Å². The van der Waals surface area contributed by atoms with Gasteiger partial charge in [-0.1, -0.05) is 18.2 Å². The first-order valence-electron chi connectivity index (χ1n) is 8.28. The minimum atomic E-state index is -4.41. The van der Waals surface area contributed by atoms with Crippen molar-refractivity contribution in [1.29, 1.82) is 0 Å². The molecule has 0 aliphatic heterocycles. The summed E-state index contributed by atoms with van der Waals surface area (Å²) >= 11 is 0. The molecule has 3 aromatic rings. The number of aryl methyl sites for hydroxylation is 1. The monoisotopic (exact) mass is 375 g/mol. The van der Waals surface area contributed by atoms with E-state index >= 15 is 0 Å². The number of hydrogen-bond acceptors (Lipinski definition) is 4. The van der Waals surface area contributed by atoms with Crippen LogP contribution in [-0.4, -0.2) is 16.5 Å². The fourth-order valence-electron chi connectivity index (χ4n) is 2.82. The first-order chi connectivity index (χ1) is 12.8. The lowest BCUT2D eigenvalue weighted by atomic mass is 10.1. The van der Waals surface area contributed by atoms with E-state index in [1.54, 1.807) is 18.2 Å². The van der Waals surface area contributed by atoms with Crippen molar-refractivity contribution in [2.45, 2.75) is 19.0 Å². The zero-order valence-corrected chi connectivity index (χ0v) is 14.2. The zero-order chi connectivity index (χ0) is 19.4. The Morgan fingerprint density at radius 2 is 1.93 bits per heavy atom. The molecule has 140 valence electrons. The van der Waals surface area contributed by atoms with Crippen LogP contribution in [0.5, 0.6) is 0 Å². The second-order valence-electron chi connectivity index (χ2n) is 6.05. The fourth-order valence-corrected chi connectivity index (χ4v) is 2.82. The van der Waals surface area contributed by atoms with E-state index in [1.165, 1.54) is 18.3 Å². The topological polar surface area (TPSA) is 68.1 Å². The van der Waals surface area contributed by atoms with Gasteiger partial charge in [-0.2, -0.15) is 13.2 Å². The summed E-state index contributed by atoms with van der Waals surface area (Å²) in [4.78, 5) is 14.4. The first-order valence-corrected chi connectivity index (χ1v) is 8.28. The third-order valence-electron chi connectivity index (χ3n) is 4.15. The smallest absolute Gasteiger partial charge is 0.384 e. The highest BCUT2D eigenvalue weighted by atomic mass is 19.4. The molecular formula is C19H16F3N3O2. The van der Waals surface area contributed by atoms with Gasteiger partial charge in [0, 0.05) is 35.9 Å². The molecule has 5 nitrogen and oxygen atoms in total. The molecule has 0 fully saturated rings. The van der Waals surface area contributed by atoms with E-state index in [0.717, 1.165) is 17.7 Å². The van der Waals surface area contributed by atoms with Crippen LogP contribution in [-0.2, 0) is 12.6 Å². The number of alkyl halides is 3. The number of rotatable bonds is 6. The van der Waals surface area contributed by atoms with Crippen molar-refractivity contribution in [3.63, 3.8) is 0 Å². The number of halogens is 3. The van der Waals surface area contributed by atoms with Gasteiger partial charge in [0.15, 0.2) is 0 Å². The highest BCUT2D eigenvalue weighted by molar-refractivity contribution is 5.91. The molecule has 27 heavy (non-hydrogen) atoms. The SMILES string of the molecule is O=[N+]([O-])c1cccc(CCCNc2ccnc3cc(C(F)(F)F)ccc23)c1. The third kappa shape index (κ3) is 4.52. The van der Waals surface area contributed by atoms with E-state index in [4.69, 9.17) is 0 Å². The first kappa shape index (κ1) is 18.6. The molecule has 0 saturated carbocycles. The summed E-state index contributed by atoms with van der Waals surface area (Å²) in [5, 5.41) is 14.6. The predicted molar refractivity (Wildman–Crippen MR) is 96.7 cm³/mol. The maximum Gasteiger partial charge on any atom is 0.416 e. The normalized spacial score (nSPS) is 11.5. The maximum absolute atomic E-state index is 12.8. The summed E-state index contributed by atoms with van der Waals surface area (Å²) in [5.74, 6) is 0. The van der Waals surface area contributed by atoms with Gasteiger partial charge in [-0.05, 0) is 36.6 Å². The largest absolute Gasteiger partial charge is 0.416 e. The van der Waals surface area contributed by atoms with Crippen molar-refractivity contribution in [2.24, 2.45) is 0 Å². The summed E-state index contributed by atoms with van der Waals surface area (Å²) in [6.07, 6.45) is -1.58. The molecule has 0 aliphatic carbocycles. The van der Waals surface area contributed by atoms with Gasteiger partial charge in [0.25, 0.3) is 5.69 Å². The van der Waals surface area contributed by atoms with Gasteiger partial charge >= 0.3 is 6.18 Å². The van der Waals surface area contributed by atoms with Crippen molar-refractivity contribution in [2.75, 3.05) is 11.9 Å². The highest BCUT2D eigenvalue weighted by Gasteiger charge is 2.30. The third-order valence-corrected chi connectivity index (χ3v) is 4.15. The lowest BCUT2D eigenvalue weighted by molar-refractivity contribution is -0.384. The quantitative estimate of drug-likeness (QED) is 0.365. The van der Waals surface area contributed by atoms with Crippen molar-refractivity contribution in [1.82, 2.24) is 4.98 Å². The van der Waals surface area contributed by atoms with Crippen molar-refractivity contribution >= 4 is 22.3 Å². The van der Waals surface area contributed by atoms with Gasteiger partial charge in [-0.3, -0.25) is 15.1 Å². The Kier molecular flexibility index (Phi) is 5.25. The fraction of sp³-hybridized carbons (Fsp3) is 0.211. The van der Waals surface area contributed by atoms with Gasteiger partial charge < -0.3 is 5.32 Å². The van der Waals surface area contributed by atoms with E-state index in [2.05, 4.69) is 10.3 Å². The summed E-state index contributed by atoms with van der Waals surface area (Å²) in [5.41, 5.74) is 1.16. The standard InChI is InChI=1S/C19H16F3N3O2/c20-19(21,22)14-6-7-16-17(8-10-24-18(16)12-14)23-9-2-4-13-3-1-5-15(11-13)25(26)27/h1,3,5-8,10-12H,2,4,9H2,(H,23,24). The lowest BCUT2D eigenvalue weighted by Crippen LogP contribution is -2.06. The minimum Gasteiger partial charge on any atom is -0.384 e. The van der Waals surface area contributed by atoms with Crippen molar-refractivity contribution in [3.05, 3.63) is 76.0 Å². The molecule has 0 spiro atoms. The molecule has 1 heterocycles. The van der Waals surface area contributed by atoms with Crippen LogP contribution in [0.25, 0.3) is 10.9 Å². The molecular weight excluding hydrogens is 359 g/mol. The molecule has 0 atom stereocenters. The zero-order valence-electron chi connectivity index (χ0n) is 14.2. The second-order valence-corrected chi connectivity index (χ2v) is 6.05. The number of anilines is 1. The number of nitro benzene ring substituents is 1. The van der Waals surface area contributed by atoms with E-state index in [-0.39, 0.29) is 11.2 Å². The van der Waals surface area contributed by atoms with Gasteiger partial charge in [-0.25, -0.2) is 0 Å². The predicted octanol–water partition coefficient (Wildman–Crippen LogP) is 5.21. The summed E-state index contributed by atoms with van der Waals surface area (Å²) in [6, 6.07) is 11.7. The van der Waals surface area contributed by atoms with Gasteiger partial charge in [-0.15, -0.1) is 0 Å². The van der Waals surface area contributed by atoms with E-state index in [1.807, 2.05) is 6.07 Å². The van der Waals surface area contributed by atoms with E-state index in [9.17, 15) is 23.3 Å². The summed E-state index contributed by atoms with van der Waals surface area (Å²) < 4.78 is 38.5. The molecule has 0 aliphatic rings. The maximum atomic E-state index is 12.8. The molecule has 2 aromatic carbocycles. The van der Waals surface area contributed by atoms with E-state index < -0.39 is 16.7 Å².